The van der Waals surface area contributed by atoms with E-state index in [9.17, 15) is 9.59 Å². The SMILES string of the molecule is CCCCn1c(SC(C)C(=O)CC)nc2sc(C)c(C)c2c1=O. The molecule has 0 bridgehead atoms. The standard InChI is InChI=1S/C17H24N2O2S2/c1-6-8-9-19-16(21)14-10(3)11(4)22-15(14)18-17(19)23-12(5)13(20)7-2/h12H,6-9H2,1-5H3. The largest absolute Gasteiger partial charge is 0.298 e. The van der Waals surface area contributed by atoms with Crippen molar-refractivity contribution in [3.63, 3.8) is 0 Å². The highest BCUT2D eigenvalue weighted by molar-refractivity contribution is 8.00. The van der Waals surface area contributed by atoms with Crippen molar-refractivity contribution >= 4 is 39.1 Å². The van der Waals surface area contributed by atoms with Crippen LogP contribution in [0.15, 0.2) is 9.95 Å². The molecular weight excluding hydrogens is 328 g/mol. The molecule has 2 rings (SSSR count). The Morgan fingerprint density at radius 1 is 1.35 bits per heavy atom. The molecule has 2 aromatic heterocycles. The number of fused-ring (bicyclic) bond motifs is 1. The molecule has 0 radical (unpaired) electrons. The molecule has 2 aromatic rings. The highest BCUT2D eigenvalue weighted by Crippen LogP contribution is 2.30. The molecule has 0 N–H and O–H groups in total. The normalized spacial score (nSPS) is 12.7. The summed E-state index contributed by atoms with van der Waals surface area (Å²) in [4.78, 5) is 31.5. The zero-order valence-corrected chi connectivity index (χ0v) is 16.1. The number of thiophene rings is 1. The van der Waals surface area contributed by atoms with Gasteiger partial charge in [-0.3, -0.25) is 14.2 Å². The summed E-state index contributed by atoms with van der Waals surface area (Å²) in [5.74, 6) is 0.185. The lowest BCUT2D eigenvalue weighted by atomic mass is 10.2. The van der Waals surface area contributed by atoms with Gasteiger partial charge in [0.15, 0.2) is 5.16 Å². The first-order valence-corrected chi connectivity index (χ1v) is 9.80. The fourth-order valence-corrected chi connectivity index (χ4v) is 4.56. The average Bonchev–Trinajstić information content (AvgIpc) is 2.80. The molecule has 2 heterocycles. The number of unbranched alkanes of at least 4 members (excludes halogenated alkanes) is 1. The highest BCUT2D eigenvalue weighted by atomic mass is 32.2. The van der Waals surface area contributed by atoms with Crippen LogP contribution < -0.4 is 5.56 Å². The van der Waals surface area contributed by atoms with E-state index in [0.29, 0.717) is 18.1 Å². The summed E-state index contributed by atoms with van der Waals surface area (Å²) in [6.07, 6.45) is 2.45. The van der Waals surface area contributed by atoms with E-state index in [1.54, 1.807) is 15.9 Å². The zero-order chi connectivity index (χ0) is 17.1. The lowest BCUT2D eigenvalue weighted by molar-refractivity contribution is -0.118. The lowest BCUT2D eigenvalue weighted by Gasteiger charge is -2.14. The second-order valence-corrected chi connectivity index (χ2v) is 8.26. The molecule has 0 aromatic carbocycles. The maximum absolute atomic E-state index is 12.9. The third-order valence-electron chi connectivity index (χ3n) is 4.07. The highest BCUT2D eigenvalue weighted by Gasteiger charge is 2.20. The van der Waals surface area contributed by atoms with Gasteiger partial charge in [0.05, 0.1) is 10.6 Å². The number of carbonyl (C=O) groups excluding carboxylic acids is 1. The maximum Gasteiger partial charge on any atom is 0.263 e. The Labute approximate surface area is 145 Å². The molecule has 0 fully saturated rings. The van der Waals surface area contributed by atoms with E-state index in [1.807, 2.05) is 27.7 Å². The molecule has 0 aliphatic rings. The van der Waals surface area contributed by atoms with E-state index in [-0.39, 0.29) is 16.6 Å². The Balaban J connectivity index is 2.57. The zero-order valence-electron chi connectivity index (χ0n) is 14.4. The summed E-state index contributed by atoms with van der Waals surface area (Å²) in [7, 11) is 0. The first-order chi connectivity index (χ1) is 10.9. The number of aryl methyl sites for hydroxylation is 2. The van der Waals surface area contributed by atoms with Gasteiger partial charge in [0.1, 0.15) is 10.6 Å². The fraction of sp³-hybridized carbons (Fsp3) is 0.588. The van der Waals surface area contributed by atoms with Gasteiger partial charge in [0, 0.05) is 17.8 Å². The summed E-state index contributed by atoms with van der Waals surface area (Å²) in [6.45, 7) is 10.5. The molecule has 6 heteroatoms. The van der Waals surface area contributed by atoms with Gasteiger partial charge in [-0.2, -0.15) is 0 Å². The molecular formula is C17H24N2O2S2. The minimum atomic E-state index is -0.181. The quantitative estimate of drug-likeness (QED) is 0.549. The van der Waals surface area contributed by atoms with Crippen molar-refractivity contribution in [1.82, 2.24) is 9.55 Å². The van der Waals surface area contributed by atoms with Gasteiger partial charge in [0.25, 0.3) is 5.56 Å². The van der Waals surface area contributed by atoms with Crippen molar-refractivity contribution in [2.24, 2.45) is 0 Å². The maximum atomic E-state index is 12.9. The van der Waals surface area contributed by atoms with Crippen LogP contribution in [0.3, 0.4) is 0 Å². The Bertz CT molecular complexity index is 777. The van der Waals surface area contributed by atoms with E-state index in [2.05, 4.69) is 6.92 Å². The summed E-state index contributed by atoms with van der Waals surface area (Å²) in [5.41, 5.74) is 1.06. The van der Waals surface area contributed by atoms with E-state index in [0.717, 1.165) is 33.5 Å². The van der Waals surface area contributed by atoms with Gasteiger partial charge in [-0.15, -0.1) is 11.3 Å². The Hall–Kier alpha value is -1.14. The van der Waals surface area contributed by atoms with Crippen LogP contribution in [0.4, 0.5) is 0 Å². The first-order valence-electron chi connectivity index (χ1n) is 8.10. The molecule has 4 nitrogen and oxygen atoms in total. The van der Waals surface area contributed by atoms with Crippen molar-refractivity contribution < 1.29 is 4.79 Å². The van der Waals surface area contributed by atoms with Gasteiger partial charge in [-0.25, -0.2) is 4.98 Å². The number of hydrogen-bond donors (Lipinski definition) is 0. The van der Waals surface area contributed by atoms with Crippen molar-refractivity contribution in [3.05, 3.63) is 20.8 Å². The summed E-state index contributed by atoms with van der Waals surface area (Å²) in [6, 6.07) is 0. The Morgan fingerprint density at radius 3 is 2.65 bits per heavy atom. The number of thioether (sulfide) groups is 1. The molecule has 23 heavy (non-hydrogen) atoms. The number of nitrogens with zero attached hydrogens (tertiary/aromatic N) is 2. The van der Waals surface area contributed by atoms with Crippen LogP contribution >= 0.6 is 23.1 Å². The van der Waals surface area contributed by atoms with Crippen LogP contribution in [0, 0.1) is 13.8 Å². The summed E-state index contributed by atoms with van der Waals surface area (Å²) in [5, 5.41) is 1.23. The minimum Gasteiger partial charge on any atom is -0.298 e. The van der Waals surface area contributed by atoms with Crippen LogP contribution in [0.25, 0.3) is 10.2 Å². The average molecular weight is 353 g/mol. The van der Waals surface area contributed by atoms with Gasteiger partial charge >= 0.3 is 0 Å². The number of aromatic nitrogens is 2. The van der Waals surface area contributed by atoms with Crippen LogP contribution in [0.2, 0.25) is 0 Å². The van der Waals surface area contributed by atoms with E-state index in [1.165, 1.54) is 11.8 Å². The van der Waals surface area contributed by atoms with E-state index in [4.69, 9.17) is 4.98 Å². The van der Waals surface area contributed by atoms with Crippen molar-refractivity contribution in [2.45, 2.75) is 70.8 Å². The van der Waals surface area contributed by atoms with Crippen molar-refractivity contribution in [2.75, 3.05) is 0 Å². The molecule has 1 atom stereocenters. The summed E-state index contributed by atoms with van der Waals surface area (Å²) < 4.78 is 1.76. The second-order valence-electron chi connectivity index (χ2n) is 5.75. The van der Waals surface area contributed by atoms with Gasteiger partial charge in [0.2, 0.25) is 0 Å². The van der Waals surface area contributed by atoms with E-state index < -0.39 is 0 Å². The fourth-order valence-electron chi connectivity index (χ4n) is 2.42. The number of Topliss-reactive ketones (excluding diaryl/α,β-unsaturated/α-hetero) is 1. The molecule has 0 aliphatic carbocycles. The Kier molecular flexibility index (Phi) is 6.03. The van der Waals surface area contributed by atoms with Crippen LogP contribution in [-0.4, -0.2) is 20.6 Å². The smallest absolute Gasteiger partial charge is 0.263 e. The molecule has 0 saturated heterocycles. The molecule has 0 amide bonds. The van der Waals surface area contributed by atoms with Crippen LogP contribution in [0.1, 0.15) is 50.5 Å². The predicted octanol–water partition coefficient (Wildman–Crippen LogP) is 4.33. The molecule has 0 aliphatic heterocycles. The predicted molar refractivity (Wildman–Crippen MR) is 98.9 cm³/mol. The monoisotopic (exact) mass is 352 g/mol. The number of carbonyl (C=O) groups is 1. The molecule has 126 valence electrons. The van der Waals surface area contributed by atoms with Crippen molar-refractivity contribution in [3.8, 4) is 0 Å². The van der Waals surface area contributed by atoms with E-state index >= 15 is 0 Å². The lowest BCUT2D eigenvalue weighted by Crippen LogP contribution is -2.25. The topological polar surface area (TPSA) is 52.0 Å². The first kappa shape index (κ1) is 18.2. The van der Waals surface area contributed by atoms with Gasteiger partial charge in [-0.05, 0) is 32.8 Å². The van der Waals surface area contributed by atoms with Crippen molar-refractivity contribution in [1.29, 1.82) is 0 Å². The van der Waals surface area contributed by atoms with Crippen LogP contribution in [-0.2, 0) is 11.3 Å². The molecule has 1 unspecified atom stereocenters. The van der Waals surface area contributed by atoms with Gasteiger partial charge < -0.3 is 0 Å². The van der Waals surface area contributed by atoms with Gasteiger partial charge in [-0.1, -0.05) is 32.0 Å². The molecule has 0 spiro atoms. The third kappa shape index (κ3) is 3.69. The Morgan fingerprint density at radius 2 is 2.04 bits per heavy atom. The number of ketones is 1. The summed E-state index contributed by atoms with van der Waals surface area (Å²) >= 11 is 2.96. The van der Waals surface area contributed by atoms with Crippen LogP contribution in [0.5, 0.6) is 0 Å². The third-order valence-corrected chi connectivity index (χ3v) is 6.31. The minimum absolute atomic E-state index is 0.0314. The number of rotatable bonds is 7. The number of hydrogen-bond acceptors (Lipinski definition) is 5. The molecule has 0 saturated carbocycles. The second kappa shape index (κ2) is 7.62.